The Hall–Kier alpha value is -2.37. The Bertz CT molecular complexity index is 904. The van der Waals surface area contributed by atoms with Gasteiger partial charge in [0.25, 0.3) is 5.91 Å². The van der Waals surface area contributed by atoms with Crippen molar-refractivity contribution in [2.45, 2.75) is 50.7 Å². The number of ether oxygens (including phenoxy) is 1. The first kappa shape index (κ1) is 22.4. The Kier molecular flexibility index (Phi) is 6.98. The summed E-state index contributed by atoms with van der Waals surface area (Å²) < 4.78 is 5.89. The molecule has 5 heteroatoms. The van der Waals surface area contributed by atoms with Gasteiger partial charge in [-0.15, -0.1) is 0 Å². The molecule has 1 unspecified atom stereocenters. The molecule has 5 nitrogen and oxygen atoms in total. The van der Waals surface area contributed by atoms with Gasteiger partial charge >= 0.3 is 0 Å². The average Bonchev–Trinajstić information content (AvgIpc) is 2.82. The number of para-hydroxylation sites is 1. The molecule has 0 heterocycles. The third-order valence-corrected chi connectivity index (χ3v) is 7.92. The second kappa shape index (κ2) is 10.3. The molecular weight excluding hydrogens is 412 g/mol. The lowest BCUT2D eigenvalue weighted by atomic mass is 9.54. The number of carbonyl (C=O) groups is 1. The van der Waals surface area contributed by atoms with E-state index in [2.05, 4.69) is 22.8 Å². The molecule has 4 aliphatic rings. The minimum absolute atomic E-state index is 0.150. The van der Waals surface area contributed by atoms with E-state index in [1.165, 1.54) is 37.7 Å². The quantitative estimate of drug-likeness (QED) is 0.517. The van der Waals surface area contributed by atoms with Crippen molar-refractivity contribution in [2.75, 3.05) is 19.7 Å². The van der Waals surface area contributed by atoms with Gasteiger partial charge in [-0.2, -0.15) is 0 Å². The van der Waals surface area contributed by atoms with E-state index in [0.29, 0.717) is 30.4 Å². The Labute approximate surface area is 196 Å². The number of benzene rings is 2. The van der Waals surface area contributed by atoms with Crippen LogP contribution in [-0.4, -0.2) is 42.9 Å². The first-order valence-electron chi connectivity index (χ1n) is 12.6. The molecule has 3 N–H and O–H groups in total. The van der Waals surface area contributed by atoms with E-state index < -0.39 is 6.10 Å². The molecule has 0 saturated heterocycles. The van der Waals surface area contributed by atoms with Crippen LogP contribution in [-0.2, 0) is 6.42 Å². The van der Waals surface area contributed by atoms with Crippen molar-refractivity contribution in [1.82, 2.24) is 10.6 Å². The molecule has 33 heavy (non-hydrogen) atoms. The molecule has 4 aliphatic carbocycles. The summed E-state index contributed by atoms with van der Waals surface area (Å²) in [6.45, 7) is 1.28. The molecule has 1 amide bonds. The molecular formula is C28H36N2O3. The van der Waals surface area contributed by atoms with Crippen molar-refractivity contribution in [3.05, 3.63) is 65.7 Å². The lowest BCUT2D eigenvalue weighted by molar-refractivity contribution is -0.0189. The van der Waals surface area contributed by atoms with E-state index in [1.54, 1.807) is 12.1 Å². The molecule has 4 fully saturated rings. The maximum atomic E-state index is 12.7. The third-order valence-electron chi connectivity index (χ3n) is 7.92. The number of hydrogen-bond acceptors (Lipinski definition) is 4. The van der Waals surface area contributed by atoms with Crippen molar-refractivity contribution in [3.63, 3.8) is 0 Å². The normalized spacial score (nSPS) is 28.5. The molecule has 2 aromatic rings. The largest absolute Gasteiger partial charge is 0.490 e. The molecule has 1 atom stereocenters. The molecule has 0 spiro atoms. The van der Waals surface area contributed by atoms with Gasteiger partial charge in [0.15, 0.2) is 0 Å². The highest BCUT2D eigenvalue weighted by atomic mass is 16.5. The van der Waals surface area contributed by atoms with Gasteiger partial charge in [0.2, 0.25) is 0 Å². The number of rotatable bonds is 10. The summed E-state index contributed by atoms with van der Waals surface area (Å²) in [4.78, 5) is 12.7. The van der Waals surface area contributed by atoms with Crippen LogP contribution in [0.25, 0.3) is 0 Å². The maximum Gasteiger partial charge on any atom is 0.255 e. The lowest BCUT2D eigenvalue weighted by Gasteiger charge is -2.54. The van der Waals surface area contributed by atoms with E-state index in [4.69, 9.17) is 4.74 Å². The van der Waals surface area contributed by atoms with E-state index in [-0.39, 0.29) is 12.5 Å². The Morgan fingerprint density at radius 1 is 0.939 bits per heavy atom. The highest BCUT2D eigenvalue weighted by Gasteiger charge is 2.47. The molecule has 0 aromatic heterocycles. The van der Waals surface area contributed by atoms with Crippen molar-refractivity contribution in [3.8, 4) is 5.75 Å². The zero-order chi connectivity index (χ0) is 22.6. The van der Waals surface area contributed by atoms with E-state index in [9.17, 15) is 9.90 Å². The number of aliphatic hydroxyl groups is 1. The van der Waals surface area contributed by atoms with Gasteiger partial charge in [-0.05, 0) is 79.9 Å². The van der Waals surface area contributed by atoms with Gasteiger partial charge in [0.05, 0.1) is 5.56 Å². The standard InChI is InChI=1S/C28H36N2O3/c31-24(17-30-27-22-13-20-12-21(15-22)16-23(27)14-20)18-33-26-9-5-4-8-25(26)28(32)29-11-10-19-6-2-1-3-7-19/h1-9,20-24,27,30-31H,10-18H2,(H,29,32). The van der Waals surface area contributed by atoms with Crippen LogP contribution in [0.3, 0.4) is 0 Å². The van der Waals surface area contributed by atoms with Crippen molar-refractivity contribution >= 4 is 5.91 Å². The van der Waals surface area contributed by atoms with Crippen LogP contribution < -0.4 is 15.4 Å². The summed E-state index contributed by atoms with van der Waals surface area (Å²) in [7, 11) is 0. The maximum absolute atomic E-state index is 12.7. The van der Waals surface area contributed by atoms with Crippen LogP contribution in [0.15, 0.2) is 54.6 Å². The van der Waals surface area contributed by atoms with Crippen molar-refractivity contribution in [1.29, 1.82) is 0 Å². The molecule has 0 aliphatic heterocycles. The summed E-state index contributed by atoms with van der Waals surface area (Å²) in [5.74, 6) is 3.85. The smallest absolute Gasteiger partial charge is 0.255 e. The zero-order valence-corrected chi connectivity index (χ0v) is 19.3. The second-order valence-corrected chi connectivity index (χ2v) is 10.3. The number of hydrogen-bond donors (Lipinski definition) is 3. The van der Waals surface area contributed by atoms with Crippen LogP contribution in [0.4, 0.5) is 0 Å². The highest BCUT2D eigenvalue weighted by Crippen LogP contribution is 2.53. The van der Waals surface area contributed by atoms with Crippen LogP contribution in [0.2, 0.25) is 0 Å². The van der Waals surface area contributed by atoms with Crippen LogP contribution in [0.5, 0.6) is 5.75 Å². The Balaban J connectivity index is 1.08. The summed E-state index contributed by atoms with van der Waals surface area (Å²) in [6.07, 6.45) is 7.10. The average molecular weight is 449 g/mol. The van der Waals surface area contributed by atoms with Gasteiger partial charge in [0, 0.05) is 19.1 Å². The first-order chi connectivity index (χ1) is 16.2. The van der Waals surface area contributed by atoms with Gasteiger partial charge in [-0.1, -0.05) is 42.5 Å². The van der Waals surface area contributed by atoms with Gasteiger partial charge in [-0.3, -0.25) is 4.79 Å². The second-order valence-electron chi connectivity index (χ2n) is 10.3. The fourth-order valence-corrected chi connectivity index (χ4v) is 6.62. The van der Waals surface area contributed by atoms with Gasteiger partial charge in [0.1, 0.15) is 18.5 Å². The topological polar surface area (TPSA) is 70.6 Å². The number of aliphatic hydroxyl groups excluding tert-OH is 1. The SMILES string of the molecule is O=C(NCCc1ccccc1)c1ccccc1OCC(O)CNC1C2CC3CC(C2)CC1C3. The lowest BCUT2D eigenvalue weighted by Crippen LogP contribution is -2.55. The third kappa shape index (κ3) is 5.42. The fraction of sp³-hybridized carbons (Fsp3) is 0.536. The van der Waals surface area contributed by atoms with E-state index in [1.807, 2.05) is 30.3 Å². The molecule has 4 saturated carbocycles. The number of nitrogens with one attached hydrogen (secondary N) is 2. The predicted octanol–water partition coefficient (Wildman–Crippen LogP) is 3.81. The van der Waals surface area contributed by atoms with Gasteiger partial charge in [-0.25, -0.2) is 0 Å². The zero-order valence-electron chi connectivity index (χ0n) is 19.3. The van der Waals surface area contributed by atoms with Crippen LogP contribution >= 0.6 is 0 Å². The molecule has 6 rings (SSSR count). The highest BCUT2D eigenvalue weighted by molar-refractivity contribution is 5.96. The first-order valence-corrected chi connectivity index (χ1v) is 12.6. The minimum atomic E-state index is -0.601. The summed E-state index contributed by atoms with van der Waals surface area (Å²) in [6, 6.07) is 17.9. The minimum Gasteiger partial charge on any atom is -0.490 e. The summed E-state index contributed by atoms with van der Waals surface area (Å²) in [5, 5.41) is 17.2. The van der Waals surface area contributed by atoms with Crippen LogP contribution in [0, 0.1) is 23.7 Å². The molecule has 4 bridgehead atoms. The fourth-order valence-electron chi connectivity index (χ4n) is 6.62. The number of amides is 1. The predicted molar refractivity (Wildman–Crippen MR) is 129 cm³/mol. The molecule has 2 aromatic carbocycles. The van der Waals surface area contributed by atoms with Crippen molar-refractivity contribution < 1.29 is 14.6 Å². The Morgan fingerprint density at radius 2 is 1.61 bits per heavy atom. The molecule has 176 valence electrons. The van der Waals surface area contributed by atoms with E-state index in [0.717, 1.165) is 30.1 Å². The molecule has 0 radical (unpaired) electrons. The number of carbonyl (C=O) groups excluding carboxylic acids is 1. The van der Waals surface area contributed by atoms with Gasteiger partial charge < -0.3 is 20.5 Å². The monoisotopic (exact) mass is 448 g/mol. The summed E-state index contributed by atoms with van der Waals surface area (Å²) in [5.41, 5.74) is 1.70. The van der Waals surface area contributed by atoms with E-state index >= 15 is 0 Å². The Morgan fingerprint density at radius 3 is 2.33 bits per heavy atom. The van der Waals surface area contributed by atoms with Crippen molar-refractivity contribution in [2.24, 2.45) is 23.7 Å². The van der Waals surface area contributed by atoms with Crippen LogP contribution in [0.1, 0.15) is 48.0 Å². The summed E-state index contributed by atoms with van der Waals surface area (Å²) >= 11 is 0.